The Morgan fingerprint density at radius 3 is 2.67 bits per heavy atom. The summed E-state index contributed by atoms with van der Waals surface area (Å²) in [5.74, 6) is 7.31. The van der Waals surface area contributed by atoms with E-state index in [1.165, 1.54) is 0 Å². The molecule has 0 amide bonds. The summed E-state index contributed by atoms with van der Waals surface area (Å²) in [5.41, 5.74) is 0. The third-order valence-corrected chi connectivity index (χ3v) is 2.56. The second-order valence-corrected chi connectivity index (χ2v) is 3.56. The van der Waals surface area contributed by atoms with Crippen molar-refractivity contribution in [3.05, 3.63) is 18.2 Å². The van der Waals surface area contributed by atoms with E-state index in [4.69, 9.17) is 10.6 Å². The van der Waals surface area contributed by atoms with Crippen molar-refractivity contribution in [2.45, 2.75) is 0 Å². The maximum atomic E-state index is 5.69. The summed E-state index contributed by atoms with van der Waals surface area (Å²) < 4.78 is 5.09. The zero-order valence-electron chi connectivity index (χ0n) is 8.89. The van der Waals surface area contributed by atoms with Gasteiger partial charge in [-0.3, -0.25) is 5.84 Å². The van der Waals surface area contributed by atoms with Gasteiger partial charge in [-0.2, -0.15) is 4.98 Å². The number of rotatable bonds is 2. The first-order valence-corrected chi connectivity index (χ1v) is 5.05. The number of ether oxygens (including phenoxy) is 1. The van der Waals surface area contributed by atoms with E-state index in [0.717, 1.165) is 32.0 Å². The molecule has 5 heteroatoms. The van der Waals surface area contributed by atoms with Gasteiger partial charge in [0.1, 0.15) is 5.82 Å². The van der Waals surface area contributed by atoms with E-state index in [1.807, 2.05) is 23.2 Å². The Morgan fingerprint density at radius 2 is 2.00 bits per heavy atom. The fraction of sp³-hybridized carbons (Fsp3) is 0.500. The molecule has 1 saturated heterocycles. The van der Waals surface area contributed by atoms with Gasteiger partial charge in [0, 0.05) is 32.2 Å². The van der Waals surface area contributed by atoms with E-state index in [9.17, 15) is 0 Å². The molecule has 0 radical (unpaired) electrons. The highest BCUT2D eigenvalue weighted by Crippen LogP contribution is 2.16. The highest BCUT2D eigenvalue weighted by Gasteiger charge is 2.15. The summed E-state index contributed by atoms with van der Waals surface area (Å²) in [4.78, 5) is 6.60. The van der Waals surface area contributed by atoms with Crippen LogP contribution in [-0.2, 0) is 0 Å². The second-order valence-electron chi connectivity index (χ2n) is 3.56. The van der Waals surface area contributed by atoms with Crippen LogP contribution in [-0.4, -0.2) is 43.3 Å². The standard InChI is InChI=1S/C10H16N4O/c1-15-10-4-2-3-9(12-10)13-5-7-14(11)8-6-13/h2-4H,5-8,11H2,1H3. The molecule has 82 valence electrons. The van der Waals surface area contributed by atoms with E-state index in [0.29, 0.717) is 5.88 Å². The Kier molecular flexibility index (Phi) is 3.03. The van der Waals surface area contributed by atoms with Crippen molar-refractivity contribution >= 4 is 5.82 Å². The zero-order chi connectivity index (χ0) is 10.7. The maximum Gasteiger partial charge on any atom is 0.214 e. The van der Waals surface area contributed by atoms with Crippen LogP contribution in [0.15, 0.2) is 18.2 Å². The zero-order valence-corrected chi connectivity index (χ0v) is 8.89. The van der Waals surface area contributed by atoms with Crippen molar-refractivity contribution in [1.82, 2.24) is 9.99 Å². The normalized spacial score (nSPS) is 17.9. The first-order valence-electron chi connectivity index (χ1n) is 5.05. The average molecular weight is 208 g/mol. The number of nitrogens with two attached hydrogens (primary N) is 1. The van der Waals surface area contributed by atoms with Crippen LogP contribution in [0.4, 0.5) is 5.82 Å². The van der Waals surface area contributed by atoms with E-state index in [1.54, 1.807) is 7.11 Å². The second kappa shape index (κ2) is 4.46. The molecule has 1 aliphatic heterocycles. The number of methoxy groups -OCH3 is 1. The lowest BCUT2D eigenvalue weighted by molar-refractivity contribution is 0.265. The summed E-state index contributed by atoms with van der Waals surface area (Å²) in [6, 6.07) is 5.80. The number of hydrazine groups is 1. The molecule has 5 nitrogen and oxygen atoms in total. The van der Waals surface area contributed by atoms with Crippen molar-refractivity contribution in [1.29, 1.82) is 0 Å². The van der Waals surface area contributed by atoms with Gasteiger partial charge in [-0.05, 0) is 6.07 Å². The highest BCUT2D eigenvalue weighted by molar-refractivity contribution is 5.41. The minimum Gasteiger partial charge on any atom is -0.481 e. The third kappa shape index (κ3) is 2.37. The SMILES string of the molecule is COc1cccc(N2CCN(N)CC2)n1. The van der Waals surface area contributed by atoms with E-state index in [-0.39, 0.29) is 0 Å². The van der Waals surface area contributed by atoms with Gasteiger partial charge in [-0.15, -0.1) is 0 Å². The molecule has 15 heavy (non-hydrogen) atoms. The summed E-state index contributed by atoms with van der Waals surface area (Å²) in [6.45, 7) is 3.57. The van der Waals surface area contributed by atoms with Gasteiger partial charge in [0.25, 0.3) is 0 Å². The van der Waals surface area contributed by atoms with Crippen molar-refractivity contribution in [3.63, 3.8) is 0 Å². The fourth-order valence-corrected chi connectivity index (χ4v) is 1.64. The summed E-state index contributed by atoms with van der Waals surface area (Å²) in [7, 11) is 1.63. The Balaban J connectivity index is 2.08. The monoisotopic (exact) mass is 208 g/mol. The molecule has 2 rings (SSSR count). The molecule has 1 aromatic rings. The lowest BCUT2D eigenvalue weighted by Gasteiger charge is -2.32. The number of anilines is 1. The van der Waals surface area contributed by atoms with Gasteiger partial charge in [0.2, 0.25) is 5.88 Å². The highest BCUT2D eigenvalue weighted by atomic mass is 16.5. The Labute approximate surface area is 89.4 Å². The van der Waals surface area contributed by atoms with Crippen molar-refractivity contribution in [2.24, 2.45) is 5.84 Å². The molecule has 0 atom stereocenters. The largest absolute Gasteiger partial charge is 0.481 e. The number of nitrogens with zero attached hydrogens (tertiary/aromatic N) is 3. The topological polar surface area (TPSA) is 54.6 Å². The first-order chi connectivity index (χ1) is 7.29. The van der Waals surface area contributed by atoms with Gasteiger partial charge >= 0.3 is 0 Å². The minimum absolute atomic E-state index is 0.655. The van der Waals surface area contributed by atoms with Gasteiger partial charge in [-0.1, -0.05) is 6.07 Å². The fourth-order valence-electron chi connectivity index (χ4n) is 1.64. The van der Waals surface area contributed by atoms with Crippen LogP contribution in [0.5, 0.6) is 5.88 Å². The Morgan fingerprint density at radius 1 is 1.27 bits per heavy atom. The van der Waals surface area contributed by atoms with Gasteiger partial charge in [-0.25, -0.2) is 5.01 Å². The molecule has 2 heterocycles. The quantitative estimate of drug-likeness (QED) is 0.698. The molecule has 1 fully saturated rings. The van der Waals surface area contributed by atoms with Crippen molar-refractivity contribution < 1.29 is 4.74 Å². The van der Waals surface area contributed by atoms with Gasteiger partial charge < -0.3 is 9.64 Å². The van der Waals surface area contributed by atoms with E-state index in [2.05, 4.69) is 9.88 Å². The van der Waals surface area contributed by atoms with Crippen LogP contribution < -0.4 is 15.5 Å². The average Bonchev–Trinajstić information content (AvgIpc) is 2.30. The molecule has 0 unspecified atom stereocenters. The van der Waals surface area contributed by atoms with Crippen LogP contribution in [0.1, 0.15) is 0 Å². The molecule has 0 aromatic carbocycles. The van der Waals surface area contributed by atoms with E-state index < -0.39 is 0 Å². The number of aromatic nitrogens is 1. The number of pyridine rings is 1. The molecule has 1 aromatic heterocycles. The van der Waals surface area contributed by atoms with Crippen LogP contribution in [0.3, 0.4) is 0 Å². The van der Waals surface area contributed by atoms with Crippen LogP contribution in [0, 0.1) is 0 Å². The minimum atomic E-state index is 0.655. The molecule has 0 aliphatic carbocycles. The summed E-state index contributed by atoms with van der Waals surface area (Å²) in [5, 5.41) is 1.83. The molecular formula is C10H16N4O. The lowest BCUT2D eigenvalue weighted by Crippen LogP contribution is -2.49. The molecule has 0 spiro atoms. The van der Waals surface area contributed by atoms with Crippen molar-refractivity contribution in [3.8, 4) is 5.88 Å². The molecule has 0 saturated carbocycles. The Hall–Kier alpha value is -1.33. The maximum absolute atomic E-state index is 5.69. The number of hydrogen-bond acceptors (Lipinski definition) is 5. The lowest BCUT2D eigenvalue weighted by atomic mass is 10.3. The molecular weight excluding hydrogens is 192 g/mol. The predicted molar refractivity (Wildman–Crippen MR) is 58.8 cm³/mol. The molecule has 0 bridgehead atoms. The first kappa shape index (κ1) is 10.2. The summed E-state index contributed by atoms with van der Waals surface area (Å²) in [6.07, 6.45) is 0. The smallest absolute Gasteiger partial charge is 0.214 e. The number of hydrogen-bond donors (Lipinski definition) is 1. The van der Waals surface area contributed by atoms with E-state index >= 15 is 0 Å². The number of piperazine rings is 1. The van der Waals surface area contributed by atoms with Crippen LogP contribution in [0.2, 0.25) is 0 Å². The van der Waals surface area contributed by atoms with Crippen LogP contribution in [0.25, 0.3) is 0 Å². The Bertz CT molecular complexity index is 323. The van der Waals surface area contributed by atoms with Crippen LogP contribution >= 0.6 is 0 Å². The molecule has 2 N–H and O–H groups in total. The summed E-state index contributed by atoms with van der Waals surface area (Å²) >= 11 is 0. The van der Waals surface area contributed by atoms with Gasteiger partial charge in [0.15, 0.2) is 0 Å². The van der Waals surface area contributed by atoms with Gasteiger partial charge in [0.05, 0.1) is 7.11 Å². The third-order valence-electron chi connectivity index (χ3n) is 2.56. The molecule has 1 aliphatic rings. The van der Waals surface area contributed by atoms with Crippen molar-refractivity contribution in [2.75, 3.05) is 38.2 Å². The predicted octanol–water partition coefficient (Wildman–Crippen LogP) is 0.0859.